The number of benzene rings is 1. The lowest BCUT2D eigenvalue weighted by atomic mass is 10.0. The summed E-state index contributed by atoms with van der Waals surface area (Å²) in [6, 6.07) is 6.94. The molecule has 1 atom stereocenters. The second kappa shape index (κ2) is 7.25. The van der Waals surface area contributed by atoms with Gasteiger partial charge in [-0.2, -0.15) is 15.0 Å². The zero-order valence-electron chi connectivity index (χ0n) is 14.2. The summed E-state index contributed by atoms with van der Waals surface area (Å²) in [6.45, 7) is 4.42. The summed E-state index contributed by atoms with van der Waals surface area (Å²) in [4.78, 5) is 30.6. The van der Waals surface area contributed by atoms with Gasteiger partial charge in [0.05, 0.1) is 42.2 Å². The van der Waals surface area contributed by atoms with Crippen LogP contribution < -0.4 is 10.9 Å². The van der Waals surface area contributed by atoms with E-state index >= 15 is 0 Å². The molecule has 0 spiro atoms. The Hall–Kier alpha value is -3.03. The van der Waals surface area contributed by atoms with Crippen molar-refractivity contribution in [3.63, 3.8) is 0 Å². The molecule has 1 aromatic carbocycles. The molecular weight excluding hydrogens is 320 g/mol. The lowest BCUT2D eigenvalue weighted by Gasteiger charge is -2.22. The number of hydrogen-bond donors (Lipinski definition) is 1. The minimum Gasteiger partial charge on any atom is -0.350 e. The van der Waals surface area contributed by atoms with Gasteiger partial charge in [0.2, 0.25) is 5.91 Å². The zero-order valence-corrected chi connectivity index (χ0v) is 14.2. The van der Waals surface area contributed by atoms with Crippen LogP contribution in [0.1, 0.15) is 13.8 Å². The number of hydrogen-bond acceptors (Lipinski definition) is 5. The van der Waals surface area contributed by atoms with Gasteiger partial charge < -0.3 is 5.32 Å². The summed E-state index contributed by atoms with van der Waals surface area (Å²) >= 11 is 0. The zero-order chi connectivity index (χ0) is 17.8. The standard InChI is InChI=1S/C17H20N6O2/c1-12(2)15(9-23-19-7-8-20-23)21-16(24)10-22-11-18-14-6-4-3-5-13(14)17(22)25/h3-8,11-12,15H,9-10H2,1-2H3,(H,21,24). The van der Waals surface area contributed by atoms with E-state index < -0.39 is 0 Å². The Kier molecular flexibility index (Phi) is 4.87. The number of para-hydroxylation sites is 1. The van der Waals surface area contributed by atoms with Crippen LogP contribution in [0.5, 0.6) is 0 Å². The van der Waals surface area contributed by atoms with Crippen LogP contribution >= 0.6 is 0 Å². The van der Waals surface area contributed by atoms with Crippen molar-refractivity contribution in [2.24, 2.45) is 5.92 Å². The van der Waals surface area contributed by atoms with Crippen molar-refractivity contribution in [1.82, 2.24) is 29.9 Å². The molecule has 0 saturated heterocycles. The molecule has 0 radical (unpaired) electrons. The first-order valence-electron chi connectivity index (χ1n) is 8.12. The molecule has 1 unspecified atom stereocenters. The predicted molar refractivity (Wildman–Crippen MR) is 92.8 cm³/mol. The van der Waals surface area contributed by atoms with E-state index in [4.69, 9.17) is 0 Å². The van der Waals surface area contributed by atoms with Gasteiger partial charge in [0, 0.05) is 0 Å². The van der Waals surface area contributed by atoms with E-state index in [1.807, 2.05) is 19.9 Å². The molecule has 25 heavy (non-hydrogen) atoms. The smallest absolute Gasteiger partial charge is 0.261 e. The number of amides is 1. The average molecular weight is 340 g/mol. The molecule has 0 saturated carbocycles. The van der Waals surface area contributed by atoms with Crippen molar-refractivity contribution in [2.75, 3.05) is 0 Å². The first-order valence-corrected chi connectivity index (χ1v) is 8.12. The van der Waals surface area contributed by atoms with Gasteiger partial charge in [-0.15, -0.1) is 0 Å². The van der Waals surface area contributed by atoms with Gasteiger partial charge in [-0.1, -0.05) is 26.0 Å². The molecule has 0 aliphatic heterocycles. The van der Waals surface area contributed by atoms with Crippen LogP contribution in [-0.4, -0.2) is 36.5 Å². The van der Waals surface area contributed by atoms with Crippen LogP contribution in [0.25, 0.3) is 10.9 Å². The molecule has 1 N–H and O–H groups in total. The lowest BCUT2D eigenvalue weighted by molar-refractivity contribution is -0.122. The monoisotopic (exact) mass is 340 g/mol. The summed E-state index contributed by atoms with van der Waals surface area (Å²) in [5, 5.41) is 11.6. The molecular formula is C17H20N6O2. The molecule has 130 valence electrons. The Bertz CT molecular complexity index is 916. The molecule has 0 aliphatic rings. The summed E-state index contributed by atoms with van der Waals surface area (Å²) in [6.07, 6.45) is 4.60. The highest BCUT2D eigenvalue weighted by molar-refractivity contribution is 5.79. The van der Waals surface area contributed by atoms with Crippen LogP contribution in [0.2, 0.25) is 0 Å². The number of fused-ring (bicyclic) bond motifs is 1. The maximum absolute atomic E-state index is 12.5. The quantitative estimate of drug-likeness (QED) is 0.717. The topological polar surface area (TPSA) is 94.7 Å². The SMILES string of the molecule is CC(C)C(Cn1nccn1)NC(=O)Cn1cnc2ccccc2c1=O. The van der Waals surface area contributed by atoms with Crippen LogP contribution in [0.3, 0.4) is 0 Å². The molecule has 2 aromatic heterocycles. The fraction of sp³-hybridized carbons (Fsp3) is 0.353. The predicted octanol–water partition coefficient (Wildman–Crippen LogP) is 0.829. The molecule has 8 nitrogen and oxygen atoms in total. The molecule has 3 aromatic rings. The summed E-state index contributed by atoms with van der Waals surface area (Å²) in [7, 11) is 0. The Balaban J connectivity index is 1.73. The number of carbonyl (C=O) groups excluding carboxylic acids is 1. The number of nitrogens with one attached hydrogen (secondary N) is 1. The molecule has 2 heterocycles. The summed E-state index contributed by atoms with van der Waals surface area (Å²) in [5.41, 5.74) is 0.393. The van der Waals surface area contributed by atoms with Crippen molar-refractivity contribution in [1.29, 1.82) is 0 Å². The minimum atomic E-state index is -0.245. The Morgan fingerprint density at radius 1 is 1.20 bits per heavy atom. The van der Waals surface area contributed by atoms with Gasteiger partial charge in [0.1, 0.15) is 6.54 Å². The van der Waals surface area contributed by atoms with Crippen LogP contribution in [0.15, 0.2) is 47.8 Å². The Morgan fingerprint density at radius 3 is 2.64 bits per heavy atom. The van der Waals surface area contributed by atoms with E-state index in [0.717, 1.165) is 0 Å². The van der Waals surface area contributed by atoms with E-state index in [1.54, 1.807) is 30.6 Å². The number of rotatable bonds is 6. The first-order chi connectivity index (χ1) is 12.0. The molecule has 3 rings (SSSR count). The van der Waals surface area contributed by atoms with Gasteiger partial charge in [-0.25, -0.2) is 4.98 Å². The molecule has 0 fully saturated rings. The highest BCUT2D eigenvalue weighted by Gasteiger charge is 2.18. The van der Waals surface area contributed by atoms with Gasteiger partial charge in [-0.3, -0.25) is 14.2 Å². The highest BCUT2D eigenvalue weighted by Crippen LogP contribution is 2.06. The van der Waals surface area contributed by atoms with Crippen LogP contribution in [-0.2, 0) is 17.9 Å². The fourth-order valence-corrected chi connectivity index (χ4v) is 2.56. The summed E-state index contributed by atoms with van der Waals surface area (Å²) < 4.78 is 1.32. The molecule has 8 heteroatoms. The van der Waals surface area contributed by atoms with Crippen molar-refractivity contribution in [2.45, 2.75) is 33.0 Å². The third-order valence-corrected chi connectivity index (χ3v) is 4.02. The largest absolute Gasteiger partial charge is 0.350 e. The van der Waals surface area contributed by atoms with E-state index in [1.165, 1.54) is 15.7 Å². The number of nitrogens with zero attached hydrogens (tertiary/aromatic N) is 5. The normalized spacial score (nSPS) is 12.4. The molecule has 0 bridgehead atoms. The second-order valence-electron chi connectivity index (χ2n) is 6.20. The van der Waals surface area contributed by atoms with E-state index in [2.05, 4.69) is 20.5 Å². The van der Waals surface area contributed by atoms with Crippen LogP contribution in [0.4, 0.5) is 0 Å². The van der Waals surface area contributed by atoms with Gasteiger partial charge in [0.15, 0.2) is 0 Å². The maximum Gasteiger partial charge on any atom is 0.261 e. The average Bonchev–Trinajstić information content (AvgIpc) is 3.10. The minimum absolute atomic E-state index is 0.0770. The number of aromatic nitrogens is 5. The van der Waals surface area contributed by atoms with E-state index in [-0.39, 0.29) is 30.0 Å². The molecule has 1 amide bonds. The van der Waals surface area contributed by atoms with E-state index in [0.29, 0.717) is 17.4 Å². The highest BCUT2D eigenvalue weighted by atomic mass is 16.2. The first kappa shape index (κ1) is 16.8. The second-order valence-corrected chi connectivity index (χ2v) is 6.20. The molecule has 0 aliphatic carbocycles. The van der Waals surface area contributed by atoms with E-state index in [9.17, 15) is 9.59 Å². The third kappa shape index (κ3) is 3.90. The fourth-order valence-electron chi connectivity index (χ4n) is 2.56. The van der Waals surface area contributed by atoms with Crippen molar-refractivity contribution >= 4 is 16.8 Å². The van der Waals surface area contributed by atoms with Gasteiger partial charge in [0.25, 0.3) is 5.56 Å². The van der Waals surface area contributed by atoms with Crippen molar-refractivity contribution < 1.29 is 4.79 Å². The Morgan fingerprint density at radius 2 is 1.92 bits per heavy atom. The van der Waals surface area contributed by atoms with Gasteiger partial charge in [-0.05, 0) is 18.1 Å². The van der Waals surface area contributed by atoms with Crippen molar-refractivity contribution in [3.05, 3.63) is 53.3 Å². The summed E-state index contributed by atoms with van der Waals surface area (Å²) in [5.74, 6) is -0.0496. The van der Waals surface area contributed by atoms with Crippen molar-refractivity contribution in [3.8, 4) is 0 Å². The lowest BCUT2D eigenvalue weighted by Crippen LogP contribution is -2.44. The van der Waals surface area contributed by atoms with Gasteiger partial charge >= 0.3 is 0 Å². The van der Waals surface area contributed by atoms with Crippen LogP contribution in [0, 0.1) is 5.92 Å². The Labute approximate surface area is 144 Å². The maximum atomic E-state index is 12.5. The third-order valence-electron chi connectivity index (χ3n) is 4.02. The number of carbonyl (C=O) groups is 1.